The van der Waals surface area contributed by atoms with Gasteiger partial charge in [-0.25, -0.2) is 0 Å². The highest BCUT2D eigenvalue weighted by Gasteiger charge is 2.98. The predicted molar refractivity (Wildman–Crippen MR) is 76.6 cm³/mol. The number of hydrogen-bond donors (Lipinski definition) is 1. The summed E-state index contributed by atoms with van der Waals surface area (Å²) < 4.78 is 331. The minimum absolute atomic E-state index is 2.82. The van der Waals surface area contributed by atoms with Gasteiger partial charge in [0.2, 0.25) is 0 Å². The first-order chi connectivity index (χ1) is 16.7. The molecule has 0 aromatic heterocycles. The molecule has 0 saturated heterocycles. The highest BCUT2D eigenvalue weighted by atomic mass is 32.2. The molecule has 1 N–H and O–H groups in total. The summed E-state index contributed by atoms with van der Waals surface area (Å²) in [6.07, 6.45) is -11.6. The Morgan fingerprint density at radius 3 is 0.775 bits per heavy atom. The monoisotopic (exact) mass is 678 g/mol. The van der Waals surface area contributed by atoms with Crippen molar-refractivity contribution in [1.82, 2.24) is 0 Å². The first kappa shape index (κ1) is 38.3. The van der Waals surface area contributed by atoms with E-state index in [2.05, 4.69) is 0 Å². The van der Waals surface area contributed by atoms with Gasteiger partial charge in [-0.1, -0.05) is 0 Å². The van der Waals surface area contributed by atoms with Crippen LogP contribution in [0.3, 0.4) is 0 Å². The lowest BCUT2D eigenvalue weighted by Crippen LogP contribution is -2.77. The SMILES string of the molecule is O=S(=O)(O)CCC(F)(F)C(F)(F)C(F)(F)C(F)(F)C(F)(F)C(F)(F)C(F)(F)C(F)(F)C(F)(F)C(F)(F)C(F)(F)F. The lowest BCUT2D eigenvalue weighted by atomic mass is 9.85. The van der Waals surface area contributed by atoms with E-state index in [1.165, 1.54) is 0 Å². The van der Waals surface area contributed by atoms with Gasteiger partial charge < -0.3 is 0 Å². The topological polar surface area (TPSA) is 54.4 Å². The Morgan fingerprint density at radius 2 is 0.575 bits per heavy atom. The summed E-state index contributed by atoms with van der Waals surface area (Å²) in [7, 11) is -5.93. The van der Waals surface area contributed by atoms with E-state index >= 15 is 0 Å². The van der Waals surface area contributed by atoms with Crippen LogP contribution >= 0.6 is 0 Å². The van der Waals surface area contributed by atoms with Crippen LogP contribution in [0.5, 0.6) is 0 Å². The Kier molecular flexibility index (Phi) is 9.00. The third-order valence-electron chi connectivity index (χ3n) is 4.64. The van der Waals surface area contributed by atoms with Crippen molar-refractivity contribution in [3.63, 3.8) is 0 Å². The van der Waals surface area contributed by atoms with Crippen molar-refractivity contribution in [3.8, 4) is 0 Å². The van der Waals surface area contributed by atoms with Crippen molar-refractivity contribution < 1.29 is 114 Å². The first-order valence-electron chi connectivity index (χ1n) is 8.50. The maximum Gasteiger partial charge on any atom is 0.460 e. The molecule has 0 amide bonds. The minimum Gasteiger partial charge on any atom is -0.286 e. The molecule has 0 fully saturated rings. The van der Waals surface area contributed by atoms with Crippen LogP contribution in [0.4, 0.5) is 101 Å². The Bertz CT molecular complexity index is 1040. The Hall–Kier alpha value is -1.70. The average molecular weight is 678 g/mol. The van der Waals surface area contributed by atoms with Gasteiger partial charge in [0, 0.05) is 6.42 Å². The molecule has 0 aromatic rings. The largest absolute Gasteiger partial charge is 0.460 e. The zero-order valence-electron chi connectivity index (χ0n) is 17.3. The number of alkyl halides is 23. The van der Waals surface area contributed by atoms with E-state index < -0.39 is 87.7 Å². The van der Waals surface area contributed by atoms with E-state index in [1.807, 2.05) is 0 Å². The molecular formula is C13H5F23O3S. The number of rotatable bonds is 12. The summed E-state index contributed by atoms with van der Waals surface area (Å²) in [6.45, 7) is 0. The summed E-state index contributed by atoms with van der Waals surface area (Å²) in [5.74, 6) is -91.8. The van der Waals surface area contributed by atoms with Gasteiger partial charge in [0.15, 0.2) is 0 Å². The highest BCUT2D eigenvalue weighted by molar-refractivity contribution is 7.85. The van der Waals surface area contributed by atoms with Gasteiger partial charge in [-0.15, -0.1) is 0 Å². The van der Waals surface area contributed by atoms with Crippen molar-refractivity contribution in [2.45, 2.75) is 71.8 Å². The standard InChI is InChI=1S/C13H5F23O3S/c14-3(15,1-2-40(37,38)39)4(16,17)5(18,19)6(20,21)7(22,23)8(24,25)9(26,27)10(28,29)11(30,31)12(32,33)13(34,35)36/h1-2H2,(H,37,38,39). The molecule has 0 radical (unpaired) electrons. The molecule has 0 aliphatic rings. The molecule has 40 heavy (non-hydrogen) atoms. The molecule has 0 atom stereocenters. The van der Waals surface area contributed by atoms with E-state index in [-0.39, 0.29) is 0 Å². The minimum atomic E-state index is -9.50. The van der Waals surface area contributed by atoms with Crippen LogP contribution in [0.2, 0.25) is 0 Å². The molecule has 0 aromatic carbocycles. The quantitative estimate of drug-likeness (QED) is 0.176. The van der Waals surface area contributed by atoms with Crippen LogP contribution in [0.25, 0.3) is 0 Å². The summed E-state index contributed by atoms with van der Waals surface area (Å²) in [6, 6.07) is 0. The molecule has 27 heteroatoms. The van der Waals surface area contributed by atoms with Crippen LogP contribution in [0.1, 0.15) is 6.42 Å². The summed E-state index contributed by atoms with van der Waals surface area (Å²) >= 11 is 0. The van der Waals surface area contributed by atoms with Crippen molar-refractivity contribution in [3.05, 3.63) is 0 Å². The second-order valence-electron chi connectivity index (χ2n) is 7.41. The van der Waals surface area contributed by atoms with E-state index in [0.717, 1.165) is 0 Å². The number of hydrogen-bond acceptors (Lipinski definition) is 2. The van der Waals surface area contributed by atoms with Crippen LogP contribution in [-0.4, -0.2) is 84.1 Å². The van der Waals surface area contributed by atoms with Crippen molar-refractivity contribution >= 4 is 10.1 Å². The van der Waals surface area contributed by atoms with Gasteiger partial charge in [0.05, 0.1) is 5.75 Å². The fraction of sp³-hybridized carbons (Fsp3) is 1.00. The fourth-order valence-corrected chi connectivity index (χ4v) is 2.72. The smallest absolute Gasteiger partial charge is 0.286 e. The molecule has 0 heterocycles. The van der Waals surface area contributed by atoms with E-state index in [9.17, 15) is 109 Å². The lowest BCUT2D eigenvalue weighted by molar-refractivity contribution is -0.478. The Balaban J connectivity index is 7.15. The summed E-state index contributed by atoms with van der Waals surface area (Å²) in [4.78, 5) is 0. The molecule has 0 aliphatic carbocycles. The normalized spacial score (nSPS) is 16.9. The van der Waals surface area contributed by atoms with Crippen LogP contribution in [0, 0.1) is 0 Å². The third kappa shape index (κ3) is 4.98. The molecule has 3 nitrogen and oxygen atoms in total. The Morgan fingerprint density at radius 1 is 0.375 bits per heavy atom. The van der Waals surface area contributed by atoms with Gasteiger partial charge in [-0.2, -0.15) is 109 Å². The first-order valence-corrected chi connectivity index (χ1v) is 10.1. The fourth-order valence-electron chi connectivity index (χ4n) is 2.20. The molecule has 0 bridgehead atoms. The van der Waals surface area contributed by atoms with E-state index in [1.54, 1.807) is 0 Å². The zero-order valence-corrected chi connectivity index (χ0v) is 18.1. The van der Waals surface area contributed by atoms with Gasteiger partial charge in [0.1, 0.15) is 0 Å². The molecular weight excluding hydrogens is 673 g/mol. The lowest BCUT2D eigenvalue weighted by Gasteiger charge is -2.45. The van der Waals surface area contributed by atoms with Crippen molar-refractivity contribution in [2.75, 3.05) is 5.75 Å². The van der Waals surface area contributed by atoms with E-state index in [4.69, 9.17) is 4.55 Å². The van der Waals surface area contributed by atoms with E-state index in [0.29, 0.717) is 0 Å². The van der Waals surface area contributed by atoms with Crippen molar-refractivity contribution in [1.29, 1.82) is 0 Å². The van der Waals surface area contributed by atoms with Gasteiger partial charge in [-0.05, 0) is 0 Å². The van der Waals surface area contributed by atoms with Crippen LogP contribution in [-0.2, 0) is 10.1 Å². The third-order valence-corrected chi connectivity index (χ3v) is 5.36. The molecule has 0 aliphatic heterocycles. The van der Waals surface area contributed by atoms with Crippen LogP contribution in [0.15, 0.2) is 0 Å². The summed E-state index contributed by atoms with van der Waals surface area (Å²) in [5, 5.41) is 0. The second kappa shape index (κ2) is 9.40. The van der Waals surface area contributed by atoms with Gasteiger partial charge in [-0.3, -0.25) is 4.55 Å². The predicted octanol–water partition coefficient (Wildman–Crippen LogP) is 7.18. The Labute approximate surface area is 203 Å². The highest BCUT2D eigenvalue weighted by Crippen LogP contribution is 2.67. The van der Waals surface area contributed by atoms with Gasteiger partial charge >= 0.3 is 65.4 Å². The molecule has 0 rings (SSSR count). The summed E-state index contributed by atoms with van der Waals surface area (Å²) in [5.41, 5.74) is 0. The van der Waals surface area contributed by atoms with Crippen molar-refractivity contribution in [2.24, 2.45) is 0 Å². The second-order valence-corrected chi connectivity index (χ2v) is 8.98. The van der Waals surface area contributed by atoms with Crippen LogP contribution < -0.4 is 0 Å². The maximum absolute atomic E-state index is 13.6. The molecule has 242 valence electrons. The molecule has 0 saturated carbocycles. The number of halogens is 23. The maximum atomic E-state index is 13.6. The molecule has 0 unspecified atom stereocenters. The van der Waals surface area contributed by atoms with Gasteiger partial charge in [0.25, 0.3) is 10.1 Å². The zero-order chi connectivity index (χ0) is 33.4. The average Bonchev–Trinajstić information content (AvgIpc) is 2.69. The molecule has 0 spiro atoms.